The van der Waals surface area contributed by atoms with Crippen LogP contribution in [0, 0.1) is 18.6 Å². The van der Waals surface area contributed by atoms with E-state index in [2.05, 4.69) is 5.32 Å². The summed E-state index contributed by atoms with van der Waals surface area (Å²) in [5, 5.41) is 5.38. The minimum absolute atomic E-state index is 0.198. The Morgan fingerprint density at radius 2 is 1.83 bits per heavy atom. The molecule has 0 aliphatic heterocycles. The molecule has 2 aromatic carbocycles. The quantitative estimate of drug-likeness (QED) is 0.341. The number of hydrogen-bond acceptors (Lipinski definition) is 6. The van der Waals surface area contributed by atoms with Crippen LogP contribution in [0.15, 0.2) is 58.9 Å². The third kappa shape index (κ3) is 5.84. The number of rotatable bonds is 6. The van der Waals surface area contributed by atoms with E-state index in [4.69, 9.17) is 11.5 Å². The minimum atomic E-state index is -0.850. The number of aldehydes is 1. The van der Waals surface area contributed by atoms with Crippen molar-refractivity contribution in [2.75, 3.05) is 18.1 Å². The number of nitrogens with one attached hydrogen (secondary N) is 1. The molecule has 0 aliphatic carbocycles. The monoisotopic (exact) mass is 447 g/mol. The van der Waals surface area contributed by atoms with Gasteiger partial charge >= 0.3 is 0 Å². The second kappa shape index (κ2) is 11.4. The summed E-state index contributed by atoms with van der Waals surface area (Å²) >= 11 is 2.81. The van der Waals surface area contributed by atoms with Crippen molar-refractivity contribution in [2.24, 2.45) is 5.73 Å². The van der Waals surface area contributed by atoms with Gasteiger partial charge in [-0.05, 0) is 18.1 Å². The van der Waals surface area contributed by atoms with E-state index >= 15 is 0 Å². The number of benzene rings is 2. The standard InChI is InChI=1S/C12H12F2N2S.C10H11NOS/c1-6-3-4-7(10(14)9(6)13)8-5-17-12(16-2)11(8)15;11-6-10(7-12)13-8-9-4-2-1-3-5-9/h3-5,16H,15H2,1-2H3;1-7H,8,11H2/b;10-6-. The molecule has 0 atom stereocenters. The van der Waals surface area contributed by atoms with Crippen LogP contribution in [0.2, 0.25) is 0 Å². The fourth-order valence-electron chi connectivity index (χ4n) is 2.49. The molecule has 0 fully saturated rings. The summed E-state index contributed by atoms with van der Waals surface area (Å²) in [5.74, 6) is -0.890. The molecule has 3 rings (SSSR count). The Morgan fingerprint density at radius 3 is 2.40 bits per heavy atom. The zero-order valence-corrected chi connectivity index (χ0v) is 18.2. The summed E-state index contributed by atoms with van der Waals surface area (Å²) in [6, 6.07) is 13.0. The lowest BCUT2D eigenvalue weighted by atomic mass is 10.0. The van der Waals surface area contributed by atoms with Gasteiger partial charge in [0.2, 0.25) is 0 Å². The second-order valence-electron chi connectivity index (χ2n) is 6.16. The molecule has 3 aromatic rings. The van der Waals surface area contributed by atoms with E-state index in [9.17, 15) is 13.6 Å². The average Bonchev–Trinajstić information content (AvgIpc) is 3.14. The number of thiophene rings is 1. The van der Waals surface area contributed by atoms with E-state index < -0.39 is 11.6 Å². The van der Waals surface area contributed by atoms with Gasteiger partial charge < -0.3 is 16.8 Å². The van der Waals surface area contributed by atoms with Crippen LogP contribution >= 0.6 is 23.1 Å². The summed E-state index contributed by atoms with van der Waals surface area (Å²) in [6.07, 6.45) is 2.11. The van der Waals surface area contributed by atoms with E-state index in [-0.39, 0.29) is 11.1 Å². The fraction of sp³-hybridized carbons (Fsp3) is 0.136. The van der Waals surface area contributed by atoms with Gasteiger partial charge in [-0.15, -0.1) is 23.1 Å². The van der Waals surface area contributed by atoms with Gasteiger partial charge in [0, 0.05) is 35.5 Å². The first kappa shape index (κ1) is 23.4. The Kier molecular flexibility index (Phi) is 8.89. The number of aryl methyl sites for hydroxylation is 1. The molecule has 0 unspecified atom stereocenters. The van der Waals surface area contributed by atoms with E-state index in [0.717, 1.165) is 17.0 Å². The number of carbonyl (C=O) groups is 1. The Bertz CT molecular complexity index is 1020. The van der Waals surface area contributed by atoms with Crippen molar-refractivity contribution < 1.29 is 13.6 Å². The number of halogens is 2. The third-order valence-electron chi connectivity index (χ3n) is 4.15. The molecule has 0 amide bonds. The molecule has 158 valence electrons. The molecular weight excluding hydrogens is 424 g/mol. The largest absolute Gasteiger partial charge is 0.404 e. The van der Waals surface area contributed by atoms with Crippen LogP contribution < -0.4 is 16.8 Å². The van der Waals surface area contributed by atoms with E-state index in [0.29, 0.717) is 16.2 Å². The van der Waals surface area contributed by atoms with Gasteiger partial charge in [-0.2, -0.15) is 0 Å². The number of hydrogen-bond donors (Lipinski definition) is 3. The summed E-state index contributed by atoms with van der Waals surface area (Å²) in [6.45, 7) is 1.53. The number of nitrogens with two attached hydrogens (primary N) is 2. The topological polar surface area (TPSA) is 81.1 Å². The Balaban J connectivity index is 0.000000222. The summed E-state index contributed by atoms with van der Waals surface area (Å²) in [5.41, 5.74) is 13.7. The lowest BCUT2D eigenvalue weighted by Crippen LogP contribution is -1.96. The van der Waals surface area contributed by atoms with Gasteiger partial charge in [-0.3, -0.25) is 4.79 Å². The fourth-order valence-corrected chi connectivity index (χ4v) is 4.02. The highest BCUT2D eigenvalue weighted by Gasteiger charge is 2.17. The van der Waals surface area contributed by atoms with Crippen LogP contribution in [0.3, 0.4) is 0 Å². The number of allylic oxidation sites excluding steroid dienone is 1. The lowest BCUT2D eigenvalue weighted by molar-refractivity contribution is -0.104. The zero-order valence-electron chi connectivity index (χ0n) is 16.6. The first-order valence-electron chi connectivity index (χ1n) is 8.96. The van der Waals surface area contributed by atoms with Crippen molar-refractivity contribution in [2.45, 2.75) is 12.7 Å². The summed E-state index contributed by atoms with van der Waals surface area (Å²) in [4.78, 5) is 11.0. The molecule has 4 nitrogen and oxygen atoms in total. The molecule has 1 aromatic heterocycles. The predicted molar refractivity (Wildman–Crippen MR) is 124 cm³/mol. The number of thioether (sulfide) groups is 1. The second-order valence-corrected chi connectivity index (χ2v) is 8.09. The van der Waals surface area contributed by atoms with Crippen molar-refractivity contribution in [1.29, 1.82) is 0 Å². The average molecular weight is 448 g/mol. The van der Waals surface area contributed by atoms with E-state index in [1.165, 1.54) is 41.8 Å². The Labute approximate surface area is 183 Å². The molecule has 0 spiro atoms. The predicted octanol–water partition coefficient (Wildman–Crippen LogP) is 5.54. The Morgan fingerprint density at radius 1 is 1.13 bits per heavy atom. The SMILES string of the molecule is CNc1scc(-c2ccc(C)c(F)c2F)c1N.N/C=C(/C=O)SCc1ccccc1. The normalized spacial score (nSPS) is 10.9. The highest BCUT2D eigenvalue weighted by atomic mass is 32.2. The van der Waals surface area contributed by atoms with Crippen LogP contribution in [0.5, 0.6) is 0 Å². The Hall–Kier alpha value is -2.84. The molecule has 30 heavy (non-hydrogen) atoms. The molecular formula is C22H23F2N3OS2. The van der Waals surface area contributed by atoms with Gasteiger partial charge in [-0.25, -0.2) is 8.78 Å². The summed E-state index contributed by atoms with van der Waals surface area (Å²) < 4.78 is 27.3. The number of anilines is 2. The van der Waals surface area contributed by atoms with Gasteiger partial charge in [0.25, 0.3) is 0 Å². The number of nitrogen functional groups attached to an aromatic ring is 1. The molecule has 0 aliphatic rings. The van der Waals surface area contributed by atoms with Crippen LogP contribution in [0.1, 0.15) is 11.1 Å². The van der Waals surface area contributed by atoms with Crippen molar-refractivity contribution in [3.63, 3.8) is 0 Å². The molecule has 5 N–H and O–H groups in total. The molecule has 0 bridgehead atoms. The maximum atomic E-state index is 13.8. The van der Waals surface area contributed by atoms with Crippen molar-refractivity contribution in [1.82, 2.24) is 0 Å². The molecule has 0 saturated carbocycles. The maximum absolute atomic E-state index is 13.8. The van der Waals surface area contributed by atoms with Crippen molar-refractivity contribution >= 4 is 40.1 Å². The molecule has 1 heterocycles. The highest BCUT2D eigenvalue weighted by Crippen LogP contribution is 2.39. The van der Waals surface area contributed by atoms with Gasteiger partial charge in [0.15, 0.2) is 17.9 Å². The van der Waals surface area contributed by atoms with Crippen LogP contribution in [0.4, 0.5) is 19.5 Å². The van der Waals surface area contributed by atoms with E-state index in [1.807, 2.05) is 30.3 Å². The van der Waals surface area contributed by atoms with Crippen LogP contribution in [-0.4, -0.2) is 13.3 Å². The first-order valence-corrected chi connectivity index (χ1v) is 10.8. The van der Waals surface area contributed by atoms with Gasteiger partial charge in [0.05, 0.1) is 10.6 Å². The molecule has 0 radical (unpaired) electrons. The third-order valence-corrected chi connectivity index (χ3v) is 6.21. The van der Waals surface area contributed by atoms with Gasteiger partial charge in [0.1, 0.15) is 5.00 Å². The van der Waals surface area contributed by atoms with E-state index in [1.54, 1.807) is 24.6 Å². The zero-order chi connectivity index (χ0) is 22.1. The van der Waals surface area contributed by atoms with Gasteiger partial charge in [-0.1, -0.05) is 42.5 Å². The minimum Gasteiger partial charge on any atom is -0.404 e. The molecule has 0 saturated heterocycles. The van der Waals surface area contributed by atoms with Crippen LogP contribution in [-0.2, 0) is 10.5 Å². The maximum Gasteiger partial charge on any atom is 0.167 e. The highest BCUT2D eigenvalue weighted by molar-refractivity contribution is 8.03. The summed E-state index contributed by atoms with van der Waals surface area (Å²) in [7, 11) is 1.73. The molecule has 8 heteroatoms. The first-order chi connectivity index (χ1) is 14.4. The van der Waals surface area contributed by atoms with Crippen molar-refractivity contribution in [3.05, 3.63) is 81.7 Å². The smallest absolute Gasteiger partial charge is 0.167 e. The number of carbonyl (C=O) groups excluding carboxylic acids is 1. The van der Waals surface area contributed by atoms with Crippen LogP contribution in [0.25, 0.3) is 11.1 Å². The lowest BCUT2D eigenvalue weighted by Gasteiger charge is -2.06. The van der Waals surface area contributed by atoms with Crippen molar-refractivity contribution in [3.8, 4) is 11.1 Å².